The van der Waals surface area contributed by atoms with Crippen molar-refractivity contribution in [1.29, 1.82) is 0 Å². The van der Waals surface area contributed by atoms with Gasteiger partial charge in [0.25, 0.3) is 0 Å². The van der Waals surface area contributed by atoms with Crippen molar-refractivity contribution >= 4 is 5.78 Å². The second kappa shape index (κ2) is 4.43. The second-order valence-electron chi connectivity index (χ2n) is 4.97. The largest absolute Gasteiger partial charge is 0.375 e. The summed E-state index contributed by atoms with van der Waals surface area (Å²) in [6.45, 7) is 1.24. The van der Waals surface area contributed by atoms with Crippen LogP contribution in [0.2, 0.25) is 0 Å². The molecule has 4 heteroatoms. The van der Waals surface area contributed by atoms with E-state index in [1.54, 1.807) is 0 Å². The molecule has 3 heterocycles. The molecule has 16 heavy (non-hydrogen) atoms. The Balaban J connectivity index is 1.54. The first-order valence-corrected chi connectivity index (χ1v) is 6.22. The minimum absolute atomic E-state index is 0.180. The fourth-order valence-corrected chi connectivity index (χ4v) is 2.98. The first-order valence-electron chi connectivity index (χ1n) is 6.22. The number of hydrogen-bond acceptors (Lipinski definition) is 4. The number of Topliss-reactive ketones (excluding diaryl/α,β-unsaturated/α-hetero) is 1. The molecule has 0 aromatic rings. The average Bonchev–Trinajstić information content (AvgIpc) is 2.89. The zero-order chi connectivity index (χ0) is 11.0. The van der Waals surface area contributed by atoms with E-state index in [1.807, 2.05) is 0 Å². The van der Waals surface area contributed by atoms with Crippen molar-refractivity contribution in [2.24, 2.45) is 5.92 Å². The van der Waals surface area contributed by atoms with E-state index in [9.17, 15) is 4.79 Å². The molecule has 3 aliphatic rings. The Morgan fingerprint density at radius 3 is 2.31 bits per heavy atom. The monoisotopic (exact) mass is 226 g/mol. The quantitative estimate of drug-likeness (QED) is 0.727. The molecule has 0 aliphatic carbocycles. The van der Waals surface area contributed by atoms with Gasteiger partial charge in [0.05, 0.1) is 31.8 Å². The van der Waals surface area contributed by atoms with E-state index < -0.39 is 0 Å². The molecule has 0 aromatic carbocycles. The van der Waals surface area contributed by atoms with Crippen molar-refractivity contribution in [3.05, 3.63) is 0 Å². The Morgan fingerprint density at radius 1 is 1.06 bits per heavy atom. The third-order valence-corrected chi connectivity index (χ3v) is 3.80. The molecular weight excluding hydrogens is 208 g/mol. The maximum Gasteiger partial charge on any atom is 0.164 e. The first-order chi connectivity index (χ1) is 7.81. The van der Waals surface area contributed by atoms with Gasteiger partial charge in [-0.1, -0.05) is 0 Å². The van der Waals surface area contributed by atoms with Crippen molar-refractivity contribution in [1.82, 2.24) is 0 Å². The summed E-state index contributed by atoms with van der Waals surface area (Å²) < 4.78 is 16.4. The van der Waals surface area contributed by atoms with Crippen LogP contribution in [0.15, 0.2) is 0 Å². The minimum Gasteiger partial charge on any atom is -0.375 e. The van der Waals surface area contributed by atoms with Gasteiger partial charge in [0.2, 0.25) is 0 Å². The Kier molecular flexibility index (Phi) is 2.96. The summed E-state index contributed by atoms with van der Waals surface area (Å²) in [5.74, 6) is 0.478. The van der Waals surface area contributed by atoms with Crippen LogP contribution in [0.4, 0.5) is 0 Å². The average molecular weight is 226 g/mol. The molecule has 0 aromatic heterocycles. The van der Waals surface area contributed by atoms with Gasteiger partial charge in [-0.3, -0.25) is 4.79 Å². The molecule has 3 aliphatic heterocycles. The molecule has 2 atom stereocenters. The van der Waals surface area contributed by atoms with E-state index in [0.29, 0.717) is 37.6 Å². The molecule has 2 unspecified atom stereocenters. The highest BCUT2D eigenvalue weighted by molar-refractivity contribution is 5.81. The number of ether oxygens (including phenoxy) is 3. The Bertz CT molecular complexity index is 260. The fraction of sp³-hybridized carbons (Fsp3) is 0.917. The molecule has 0 saturated carbocycles. The van der Waals surface area contributed by atoms with Crippen LogP contribution in [-0.2, 0) is 19.0 Å². The van der Waals surface area contributed by atoms with Crippen LogP contribution in [0.5, 0.6) is 0 Å². The van der Waals surface area contributed by atoms with E-state index in [4.69, 9.17) is 14.2 Å². The highest BCUT2D eigenvalue weighted by Crippen LogP contribution is 2.36. The van der Waals surface area contributed by atoms with E-state index in [1.165, 1.54) is 0 Å². The predicted molar refractivity (Wildman–Crippen MR) is 55.9 cm³/mol. The lowest BCUT2D eigenvalue weighted by atomic mass is 9.90. The van der Waals surface area contributed by atoms with Crippen molar-refractivity contribution in [2.45, 2.75) is 50.6 Å². The van der Waals surface area contributed by atoms with E-state index >= 15 is 0 Å². The van der Waals surface area contributed by atoms with Gasteiger partial charge < -0.3 is 14.2 Å². The third-order valence-electron chi connectivity index (χ3n) is 3.80. The van der Waals surface area contributed by atoms with Gasteiger partial charge in [-0.05, 0) is 25.7 Å². The smallest absolute Gasteiger partial charge is 0.164 e. The van der Waals surface area contributed by atoms with Crippen molar-refractivity contribution in [3.8, 4) is 0 Å². The lowest BCUT2D eigenvalue weighted by Gasteiger charge is -2.27. The molecular formula is C12H18O4. The SMILES string of the molecule is O=C(CC1OCCO1)C1CC2CCC(C1)O2. The zero-order valence-electron chi connectivity index (χ0n) is 9.39. The van der Waals surface area contributed by atoms with Crippen molar-refractivity contribution < 1.29 is 19.0 Å². The summed E-state index contributed by atoms with van der Waals surface area (Å²) in [4.78, 5) is 12.1. The lowest BCUT2D eigenvalue weighted by Crippen LogP contribution is -2.31. The Hall–Kier alpha value is -0.450. The summed E-state index contributed by atoms with van der Waals surface area (Å²) in [5, 5.41) is 0. The van der Waals surface area contributed by atoms with Crippen molar-refractivity contribution in [2.75, 3.05) is 13.2 Å². The van der Waals surface area contributed by atoms with Gasteiger partial charge in [0.15, 0.2) is 6.29 Å². The molecule has 0 radical (unpaired) electrons. The topological polar surface area (TPSA) is 44.8 Å². The van der Waals surface area contributed by atoms with Crippen molar-refractivity contribution in [3.63, 3.8) is 0 Å². The van der Waals surface area contributed by atoms with Crippen LogP contribution in [-0.4, -0.2) is 37.5 Å². The molecule has 2 bridgehead atoms. The normalized spacial score (nSPS) is 39.1. The molecule has 0 spiro atoms. The highest BCUT2D eigenvalue weighted by atomic mass is 16.7. The maximum atomic E-state index is 12.1. The summed E-state index contributed by atoms with van der Waals surface area (Å²) in [5.41, 5.74) is 0. The zero-order valence-corrected chi connectivity index (χ0v) is 9.39. The number of fused-ring (bicyclic) bond motifs is 2. The Morgan fingerprint density at radius 2 is 1.69 bits per heavy atom. The molecule has 3 fully saturated rings. The van der Waals surface area contributed by atoms with Crippen LogP contribution < -0.4 is 0 Å². The van der Waals surface area contributed by atoms with Crippen LogP contribution in [0.3, 0.4) is 0 Å². The van der Waals surface area contributed by atoms with Gasteiger partial charge in [0.1, 0.15) is 5.78 Å². The molecule has 4 nitrogen and oxygen atoms in total. The Labute approximate surface area is 95.2 Å². The highest BCUT2D eigenvalue weighted by Gasteiger charge is 2.38. The molecule has 0 N–H and O–H groups in total. The summed E-state index contributed by atoms with van der Waals surface area (Å²) in [7, 11) is 0. The molecule has 90 valence electrons. The number of carbonyl (C=O) groups excluding carboxylic acids is 1. The molecule has 0 amide bonds. The van der Waals surface area contributed by atoms with E-state index in [0.717, 1.165) is 25.7 Å². The minimum atomic E-state index is -0.284. The van der Waals surface area contributed by atoms with Gasteiger partial charge in [0, 0.05) is 5.92 Å². The van der Waals surface area contributed by atoms with Crippen LogP contribution in [0.1, 0.15) is 32.1 Å². The molecule has 3 saturated heterocycles. The van der Waals surface area contributed by atoms with E-state index in [-0.39, 0.29) is 12.2 Å². The van der Waals surface area contributed by atoms with Crippen LogP contribution in [0.25, 0.3) is 0 Å². The van der Waals surface area contributed by atoms with Crippen LogP contribution >= 0.6 is 0 Å². The number of hydrogen-bond donors (Lipinski definition) is 0. The van der Waals surface area contributed by atoms with Gasteiger partial charge >= 0.3 is 0 Å². The lowest BCUT2D eigenvalue weighted by molar-refractivity contribution is -0.136. The number of ketones is 1. The number of rotatable bonds is 3. The first kappa shape index (κ1) is 10.7. The number of carbonyl (C=O) groups is 1. The molecule has 3 rings (SSSR count). The second-order valence-corrected chi connectivity index (χ2v) is 4.97. The summed E-state index contributed by atoms with van der Waals surface area (Å²) >= 11 is 0. The standard InChI is InChI=1S/C12H18O4/c13-11(7-12-14-3-4-15-12)8-5-9-1-2-10(6-8)16-9/h8-10,12H,1-7H2. The fourth-order valence-electron chi connectivity index (χ4n) is 2.98. The van der Waals surface area contributed by atoms with E-state index in [2.05, 4.69) is 0 Å². The summed E-state index contributed by atoms with van der Waals surface area (Å²) in [6, 6.07) is 0. The summed E-state index contributed by atoms with van der Waals surface area (Å²) in [6.07, 6.45) is 4.87. The third kappa shape index (κ3) is 2.14. The van der Waals surface area contributed by atoms with Crippen LogP contribution in [0, 0.1) is 5.92 Å². The predicted octanol–water partition coefficient (Wildman–Crippen LogP) is 1.28. The van der Waals surface area contributed by atoms with Gasteiger partial charge in [-0.15, -0.1) is 0 Å². The maximum absolute atomic E-state index is 12.1. The van der Waals surface area contributed by atoms with Gasteiger partial charge in [-0.25, -0.2) is 0 Å². The van der Waals surface area contributed by atoms with Gasteiger partial charge in [-0.2, -0.15) is 0 Å².